The van der Waals surface area contributed by atoms with E-state index in [1.807, 2.05) is 19.1 Å². The maximum atomic E-state index is 11.8. The van der Waals surface area contributed by atoms with Gasteiger partial charge < -0.3 is 4.42 Å². The fourth-order valence-electron chi connectivity index (χ4n) is 2.73. The highest BCUT2D eigenvalue weighted by molar-refractivity contribution is 5.80. The summed E-state index contributed by atoms with van der Waals surface area (Å²) in [5, 5.41) is 16.1. The Morgan fingerprint density at radius 3 is 2.65 bits per heavy atom. The average Bonchev–Trinajstić information content (AvgIpc) is 2.72. The van der Waals surface area contributed by atoms with Crippen LogP contribution in [0, 0.1) is 30.9 Å². The second-order valence-corrected chi connectivity index (χ2v) is 5.52. The summed E-state index contributed by atoms with van der Waals surface area (Å²) in [6.45, 7) is 5.43. The maximum Gasteiger partial charge on any atom is 0.336 e. The van der Waals surface area contributed by atoms with Gasteiger partial charge in [-0.2, -0.15) is 5.10 Å². The van der Waals surface area contributed by atoms with Gasteiger partial charge in [0.2, 0.25) is 0 Å². The van der Waals surface area contributed by atoms with Crippen molar-refractivity contribution in [2.24, 2.45) is 0 Å². The Hall–Kier alpha value is -2.96. The van der Waals surface area contributed by atoms with Crippen LogP contribution >= 0.6 is 0 Å². The molecule has 0 amide bonds. The van der Waals surface area contributed by atoms with Crippen LogP contribution in [0.3, 0.4) is 0 Å². The molecule has 2 aromatic heterocycles. The molecule has 0 atom stereocenters. The number of aromatic nitrogens is 2. The number of rotatable bonds is 3. The van der Waals surface area contributed by atoms with Crippen LogP contribution < -0.4 is 5.63 Å². The standard InChI is InChI=1S/C16H15N3O4/c1-9-4-5-13-12(7-15(20)23-14(13)6-9)8-18-11(3)16(19(21)22)10(2)17-18/h4-7H,8H2,1-3H3. The molecule has 0 aliphatic carbocycles. The molecule has 2 heterocycles. The van der Waals surface area contributed by atoms with Gasteiger partial charge in [-0.3, -0.25) is 14.8 Å². The van der Waals surface area contributed by atoms with Gasteiger partial charge in [0.1, 0.15) is 17.0 Å². The zero-order valence-corrected chi connectivity index (χ0v) is 13.0. The molecule has 0 fully saturated rings. The van der Waals surface area contributed by atoms with Crippen LogP contribution in [0.1, 0.15) is 22.5 Å². The number of benzene rings is 1. The SMILES string of the molecule is Cc1ccc2c(Cn3nc(C)c([N+](=O)[O-])c3C)cc(=O)oc2c1. The van der Waals surface area contributed by atoms with E-state index in [0.717, 1.165) is 16.5 Å². The molecule has 1 aromatic carbocycles. The van der Waals surface area contributed by atoms with Crippen LogP contribution in [0.25, 0.3) is 11.0 Å². The summed E-state index contributed by atoms with van der Waals surface area (Å²) in [6, 6.07) is 7.00. The first kappa shape index (κ1) is 15.0. The van der Waals surface area contributed by atoms with Crippen LogP contribution in [-0.2, 0) is 6.54 Å². The largest absolute Gasteiger partial charge is 0.423 e. The normalized spacial score (nSPS) is 11.1. The number of hydrogen-bond acceptors (Lipinski definition) is 5. The zero-order chi connectivity index (χ0) is 16.7. The highest BCUT2D eigenvalue weighted by atomic mass is 16.6. The molecule has 118 valence electrons. The summed E-state index contributed by atoms with van der Waals surface area (Å²) < 4.78 is 6.77. The van der Waals surface area contributed by atoms with E-state index in [1.165, 1.54) is 6.07 Å². The lowest BCUT2D eigenvalue weighted by Crippen LogP contribution is -2.08. The van der Waals surface area contributed by atoms with Crippen LogP contribution in [0.4, 0.5) is 5.69 Å². The fourth-order valence-corrected chi connectivity index (χ4v) is 2.73. The van der Waals surface area contributed by atoms with Gasteiger partial charge in [0, 0.05) is 11.5 Å². The van der Waals surface area contributed by atoms with E-state index in [-0.39, 0.29) is 12.2 Å². The quantitative estimate of drug-likeness (QED) is 0.421. The number of nitro groups is 1. The van der Waals surface area contributed by atoms with Gasteiger partial charge in [0.15, 0.2) is 0 Å². The lowest BCUT2D eigenvalue weighted by molar-refractivity contribution is -0.386. The fraction of sp³-hybridized carbons (Fsp3) is 0.250. The Morgan fingerprint density at radius 2 is 2.00 bits per heavy atom. The summed E-state index contributed by atoms with van der Waals surface area (Å²) >= 11 is 0. The highest BCUT2D eigenvalue weighted by Crippen LogP contribution is 2.24. The van der Waals surface area contributed by atoms with Crippen molar-refractivity contribution in [1.29, 1.82) is 0 Å². The molecule has 0 unspecified atom stereocenters. The van der Waals surface area contributed by atoms with E-state index < -0.39 is 10.5 Å². The van der Waals surface area contributed by atoms with Crippen molar-refractivity contribution in [3.63, 3.8) is 0 Å². The predicted octanol–water partition coefficient (Wildman–Crippen LogP) is 2.87. The minimum Gasteiger partial charge on any atom is -0.423 e. The summed E-state index contributed by atoms with van der Waals surface area (Å²) in [5.41, 5.74) is 2.58. The van der Waals surface area contributed by atoms with Crippen LogP contribution in [0.15, 0.2) is 33.5 Å². The average molecular weight is 313 g/mol. The third-order valence-corrected chi connectivity index (χ3v) is 3.83. The minimum absolute atomic E-state index is 0.00751. The van der Waals surface area contributed by atoms with Gasteiger partial charge in [-0.05, 0) is 38.0 Å². The first-order chi connectivity index (χ1) is 10.9. The molecule has 0 spiro atoms. The third kappa shape index (κ3) is 2.61. The van der Waals surface area contributed by atoms with Gasteiger partial charge in [0.25, 0.3) is 0 Å². The second kappa shape index (κ2) is 5.35. The molecule has 0 saturated carbocycles. The number of fused-ring (bicyclic) bond motifs is 1. The van der Waals surface area contributed by atoms with E-state index >= 15 is 0 Å². The van der Waals surface area contributed by atoms with Gasteiger partial charge >= 0.3 is 11.3 Å². The molecular formula is C16H15N3O4. The van der Waals surface area contributed by atoms with Gasteiger partial charge in [-0.1, -0.05) is 12.1 Å². The Balaban J connectivity index is 2.14. The highest BCUT2D eigenvalue weighted by Gasteiger charge is 2.22. The molecular weight excluding hydrogens is 298 g/mol. The molecule has 23 heavy (non-hydrogen) atoms. The van der Waals surface area contributed by atoms with Gasteiger partial charge in [0.05, 0.1) is 11.5 Å². The van der Waals surface area contributed by atoms with E-state index in [1.54, 1.807) is 24.6 Å². The summed E-state index contributed by atoms with van der Waals surface area (Å²) in [6.07, 6.45) is 0. The first-order valence-corrected chi connectivity index (χ1v) is 7.08. The van der Waals surface area contributed by atoms with Crippen molar-refractivity contribution >= 4 is 16.7 Å². The van der Waals surface area contributed by atoms with Gasteiger partial charge in [-0.25, -0.2) is 4.79 Å². The van der Waals surface area contributed by atoms with E-state index in [4.69, 9.17) is 4.42 Å². The molecule has 3 aromatic rings. The molecule has 0 radical (unpaired) electrons. The number of nitrogens with zero attached hydrogens (tertiary/aromatic N) is 3. The number of aryl methyl sites for hydroxylation is 2. The lowest BCUT2D eigenvalue weighted by Gasteiger charge is -2.07. The van der Waals surface area contributed by atoms with E-state index in [9.17, 15) is 14.9 Å². The summed E-state index contributed by atoms with van der Waals surface area (Å²) in [5.74, 6) is 0. The van der Waals surface area contributed by atoms with Crippen molar-refractivity contribution in [2.75, 3.05) is 0 Å². The van der Waals surface area contributed by atoms with Crippen molar-refractivity contribution in [3.05, 3.63) is 67.3 Å². The third-order valence-electron chi connectivity index (χ3n) is 3.83. The summed E-state index contributed by atoms with van der Waals surface area (Å²) in [7, 11) is 0. The second-order valence-electron chi connectivity index (χ2n) is 5.52. The Morgan fingerprint density at radius 1 is 1.26 bits per heavy atom. The lowest BCUT2D eigenvalue weighted by atomic mass is 10.1. The van der Waals surface area contributed by atoms with Crippen molar-refractivity contribution in [3.8, 4) is 0 Å². The molecule has 0 saturated heterocycles. The maximum absolute atomic E-state index is 11.8. The molecule has 3 rings (SSSR count). The topological polar surface area (TPSA) is 91.2 Å². The summed E-state index contributed by atoms with van der Waals surface area (Å²) in [4.78, 5) is 22.4. The first-order valence-electron chi connectivity index (χ1n) is 7.08. The Bertz CT molecular complexity index is 985. The van der Waals surface area contributed by atoms with E-state index in [2.05, 4.69) is 5.10 Å². The van der Waals surface area contributed by atoms with E-state index in [0.29, 0.717) is 17.0 Å². The van der Waals surface area contributed by atoms with Crippen molar-refractivity contribution in [2.45, 2.75) is 27.3 Å². The zero-order valence-electron chi connectivity index (χ0n) is 13.0. The Kier molecular flexibility index (Phi) is 3.48. The van der Waals surface area contributed by atoms with Gasteiger partial charge in [-0.15, -0.1) is 0 Å². The molecule has 0 bridgehead atoms. The smallest absolute Gasteiger partial charge is 0.336 e. The number of hydrogen-bond donors (Lipinski definition) is 0. The van der Waals surface area contributed by atoms with Crippen molar-refractivity contribution in [1.82, 2.24) is 9.78 Å². The monoisotopic (exact) mass is 313 g/mol. The molecule has 0 N–H and O–H groups in total. The predicted molar refractivity (Wildman–Crippen MR) is 84.7 cm³/mol. The minimum atomic E-state index is -0.450. The van der Waals surface area contributed by atoms with Crippen LogP contribution in [-0.4, -0.2) is 14.7 Å². The van der Waals surface area contributed by atoms with Crippen LogP contribution in [0.2, 0.25) is 0 Å². The molecule has 0 aliphatic rings. The molecule has 7 nitrogen and oxygen atoms in total. The van der Waals surface area contributed by atoms with Crippen molar-refractivity contribution < 1.29 is 9.34 Å². The Labute approximate surface area is 131 Å². The molecule has 0 aliphatic heterocycles. The van der Waals surface area contributed by atoms with Crippen LogP contribution in [0.5, 0.6) is 0 Å². The molecule has 7 heteroatoms.